The molecule has 5 heteroatoms. The Bertz CT molecular complexity index is 749. The van der Waals surface area contributed by atoms with Gasteiger partial charge < -0.3 is 15.1 Å². The summed E-state index contributed by atoms with van der Waals surface area (Å²) in [5, 5.41) is 3.19. The molecular formula is C26H39N3O2. The molecule has 4 rings (SSSR count). The number of piperidine rings is 1. The third kappa shape index (κ3) is 4.67. The SMILES string of the molecule is CC(C)N1C(=O)C2(CCCCC2)C1C(=O)NCCN1CCC(Cc2ccccc2)CC1. The van der Waals surface area contributed by atoms with E-state index in [0.717, 1.165) is 51.2 Å². The lowest BCUT2D eigenvalue weighted by Gasteiger charge is -2.58. The highest BCUT2D eigenvalue weighted by Gasteiger charge is 2.63. The normalized spacial score (nSPS) is 24.4. The number of hydrogen-bond acceptors (Lipinski definition) is 3. The fourth-order valence-corrected chi connectivity index (χ4v) is 6.07. The van der Waals surface area contributed by atoms with Crippen molar-refractivity contribution in [2.45, 2.75) is 77.3 Å². The van der Waals surface area contributed by atoms with Crippen molar-refractivity contribution in [3.8, 4) is 0 Å². The van der Waals surface area contributed by atoms with Crippen LogP contribution in [-0.2, 0) is 16.0 Å². The summed E-state index contributed by atoms with van der Waals surface area (Å²) >= 11 is 0. The van der Waals surface area contributed by atoms with E-state index in [4.69, 9.17) is 0 Å². The minimum atomic E-state index is -0.414. The highest BCUT2D eigenvalue weighted by molar-refractivity contribution is 6.02. The fraction of sp³-hybridized carbons (Fsp3) is 0.692. The number of rotatable bonds is 7. The number of benzene rings is 1. The van der Waals surface area contributed by atoms with E-state index in [-0.39, 0.29) is 23.9 Å². The molecule has 1 aromatic carbocycles. The first-order chi connectivity index (χ1) is 15.0. The van der Waals surface area contributed by atoms with Crippen LogP contribution < -0.4 is 5.32 Å². The van der Waals surface area contributed by atoms with E-state index in [1.807, 2.05) is 18.7 Å². The second kappa shape index (κ2) is 9.72. The van der Waals surface area contributed by atoms with Crippen molar-refractivity contribution in [2.24, 2.45) is 11.3 Å². The zero-order valence-electron chi connectivity index (χ0n) is 19.3. The van der Waals surface area contributed by atoms with Crippen LogP contribution in [-0.4, -0.2) is 59.9 Å². The number of carbonyl (C=O) groups is 2. The Kier molecular flexibility index (Phi) is 7.00. The van der Waals surface area contributed by atoms with Gasteiger partial charge in [0, 0.05) is 19.1 Å². The van der Waals surface area contributed by atoms with Crippen molar-refractivity contribution < 1.29 is 9.59 Å². The van der Waals surface area contributed by atoms with E-state index >= 15 is 0 Å². The second-order valence-corrected chi connectivity index (χ2v) is 10.2. The molecule has 1 atom stereocenters. The third-order valence-corrected chi connectivity index (χ3v) is 7.81. The van der Waals surface area contributed by atoms with Crippen molar-refractivity contribution in [3.05, 3.63) is 35.9 Å². The zero-order valence-corrected chi connectivity index (χ0v) is 19.3. The van der Waals surface area contributed by atoms with E-state index in [1.165, 1.54) is 31.2 Å². The summed E-state index contributed by atoms with van der Waals surface area (Å²) in [6.45, 7) is 7.84. The number of likely N-dealkylation sites (tertiary alicyclic amines) is 2. The van der Waals surface area contributed by atoms with Gasteiger partial charge in [-0.3, -0.25) is 9.59 Å². The maximum absolute atomic E-state index is 13.1. The molecule has 3 fully saturated rings. The molecule has 2 aliphatic heterocycles. The van der Waals surface area contributed by atoms with Crippen molar-refractivity contribution in [1.82, 2.24) is 15.1 Å². The summed E-state index contributed by atoms with van der Waals surface area (Å²) < 4.78 is 0. The van der Waals surface area contributed by atoms with Crippen LogP contribution in [0.5, 0.6) is 0 Å². The summed E-state index contributed by atoms with van der Waals surface area (Å²) in [6.07, 6.45) is 8.71. The third-order valence-electron chi connectivity index (χ3n) is 7.81. The Balaban J connectivity index is 1.23. The van der Waals surface area contributed by atoms with Crippen molar-refractivity contribution in [3.63, 3.8) is 0 Å². The molecule has 0 radical (unpaired) electrons. The lowest BCUT2D eigenvalue weighted by Crippen LogP contribution is -2.75. The Morgan fingerprint density at radius 2 is 1.77 bits per heavy atom. The monoisotopic (exact) mass is 425 g/mol. The summed E-state index contributed by atoms with van der Waals surface area (Å²) in [5.74, 6) is 1.04. The van der Waals surface area contributed by atoms with Crippen LogP contribution >= 0.6 is 0 Å². The molecule has 2 saturated heterocycles. The smallest absolute Gasteiger partial charge is 0.243 e. The number of nitrogens with zero attached hydrogens (tertiary/aromatic N) is 2. The number of carbonyl (C=O) groups excluding carboxylic acids is 2. The van der Waals surface area contributed by atoms with E-state index in [0.29, 0.717) is 6.54 Å². The molecule has 31 heavy (non-hydrogen) atoms. The summed E-state index contributed by atoms with van der Waals surface area (Å²) in [5.41, 5.74) is 1.03. The largest absolute Gasteiger partial charge is 0.353 e. The highest BCUT2D eigenvalue weighted by Crippen LogP contribution is 2.50. The van der Waals surface area contributed by atoms with Crippen LogP contribution in [0.2, 0.25) is 0 Å². The van der Waals surface area contributed by atoms with Gasteiger partial charge in [-0.2, -0.15) is 0 Å². The summed E-state index contributed by atoms with van der Waals surface area (Å²) in [6, 6.07) is 10.6. The Morgan fingerprint density at radius 3 is 2.42 bits per heavy atom. The molecule has 5 nitrogen and oxygen atoms in total. The Hall–Kier alpha value is -1.88. The zero-order chi connectivity index (χ0) is 21.8. The molecule has 170 valence electrons. The van der Waals surface area contributed by atoms with Crippen LogP contribution in [0.25, 0.3) is 0 Å². The second-order valence-electron chi connectivity index (χ2n) is 10.2. The van der Waals surface area contributed by atoms with Gasteiger partial charge in [-0.1, -0.05) is 49.6 Å². The number of amides is 2. The van der Waals surface area contributed by atoms with Gasteiger partial charge in [-0.25, -0.2) is 0 Å². The van der Waals surface area contributed by atoms with Crippen LogP contribution in [0.3, 0.4) is 0 Å². The Labute approximate surface area is 187 Å². The van der Waals surface area contributed by atoms with Crippen molar-refractivity contribution in [1.29, 1.82) is 0 Å². The molecule has 1 aliphatic carbocycles. The van der Waals surface area contributed by atoms with Gasteiger partial charge in [0.15, 0.2) is 0 Å². The van der Waals surface area contributed by atoms with Crippen molar-refractivity contribution in [2.75, 3.05) is 26.2 Å². The lowest BCUT2D eigenvalue weighted by atomic mass is 9.61. The molecule has 1 N–H and O–H groups in total. The summed E-state index contributed by atoms with van der Waals surface area (Å²) in [7, 11) is 0. The first-order valence-corrected chi connectivity index (χ1v) is 12.4. The van der Waals surface area contributed by atoms with Crippen LogP contribution in [0.4, 0.5) is 0 Å². The van der Waals surface area contributed by atoms with E-state index < -0.39 is 5.41 Å². The molecule has 1 aromatic rings. The minimum Gasteiger partial charge on any atom is -0.353 e. The highest BCUT2D eigenvalue weighted by atomic mass is 16.2. The number of hydrogen-bond donors (Lipinski definition) is 1. The first-order valence-electron chi connectivity index (χ1n) is 12.4. The summed E-state index contributed by atoms with van der Waals surface area (Å²) in [4.78, 5) is 30.4. The van der Waals surface area contributed by atoms with Crippen molar-refractivity contribution >= 4 is 11.8 Å². The molecule has 2 heterocycles. The average Bonchev–Trinajstić information content (AvgIpc) is 2.79. The lowest BCUT2D eigenvalue weighted by molar-refractivity contribution is -0.185. The van der Waals surface area contributed by atoms with Crippen LogP contribution in [0, 0.1) is 11.3 Å². The standard InChI is InChI=1S/C26H39N3O2/c1-20(2)29-23(26(25(29)31)13-7-4-8-14-26)24(30)27-15-18-28-16-11-22(12-17-28)19-21-9-5-3-6-10-21/h3,5-6,9-10,20,22-23H,4,7-8,11-19H2,1-2H3,(H,27,30). The van der Waals surface area contributed by atoms with Gasteiger partial charge in [0.25, 0.3) is 0 Å². The predicted molar refractivity (Wildman–Crippen MR) is 124 cm³/mol. The average molecular weight is 426 g/mol. The van der Waals surface area contributed by atoms with Gasteiger partial charge in [0.05, 0.1) is 5.41 Å². The number of nitrogens with one attached hydrogen (secondary N) is 1. The van der Waals surface area contributed by atoms with Crippen LogP contribution in [0.15, 0.2) is 30.3 Å². The first kappa shape index (κ1) is 22.3. The molecule has 3 aliphatic rings. The van der Waals surface area contributed by atoms with Gasteiger partial charge >= 0.3 is 0 Å². The quantitative estimate of drug-likeness (QED) is 0.679. The topological polar surface area (TPSA) is 52.7 Å². The minimum absolute atomic E-state index is 0.0640. The van der Waals surface area contributed by atoms with Gasteiger partial charge in [0.1, 0.15) is 6.04 Å². The molecule has 0 bridgehead atoms. The maximum atomic E-state index is 13.1. The van der Waals surface area contributed by atoms with Crippen LogP contribution in [0.1, 0.15) is 64.4 Å². The molecule has 1 saturated carbocycles. The molecular weight excluding hydrogens is 386 g/mol. The fourth-order valence-electron chi connectivity index (χ4n) is 6.07. The van der Waals surface area contributed by atoms with Gasteiger partial charge in [0.2, 0.25) is 11.8 Å². The van der Waals surface area contributed by atoms with E-state index in [2.05, 4.69) is 40.5 Å². The van der Waals surface area contributed by atoms with Gasteiger partial charge in [-0.05, 0) is 70.5 Å². The predicted octanol–water partition coefficient (Wildman–Crippen LogP) is 3.63. The van der Waals surface area contributed by atoms with E-state index in [1.54, 1.807) is 0 Å². The number of β-lactam (4-membered cyclic amide) rings is 1. The molecule has 0 aromatic heterocycles. The Morgan fingerprint density at radius 1 is 1.10 bits per heavy atom. The molecule has 2 amide bonds. The van der Waals surface area contributed by atoms with E-state index in [9.17, 15) is 9.59 Å². The maximum Gasteiger partial charge on any atom is 0.243 e. The molecule has 1 unspecified atom stereocenters. The molecule has 1 spiro atoms. The van der Waals surface area contributed by atoms with Gasteiger partial charge in [-0.15, -0.1) is 0 Å².